The maximum absolute atomic E-state index is 12.9. The number of methoxy groups -OCH3 is 3. The predicted molar refractivity (Wildman–Crippen MR) is 112 cm³/mol. The van der Waals surface area contributed by atoms with Crippen LogP contribution in [0.1, 0.15) is 28.4 Å². The summed E-state index contributed by atoms with van der Waals surface area (Å²) in [4.78, 5) is 24.4. The average Bonchev–Trinajstić information content (AvgIpc) is 3.08. The summed E-state index contributed by atoms with van der Waals surface area (Å²) >= 11 is 0. The fourth-order valence-corrected chi connectivity index (χ4v) is 3.20. The molecule has 0 saturated carbocycles. The van der Waals surface area contributed by atoms with E-state index in [4.69, 9.17) is 28.4 Å². The fraction of sp³-hybridized carbons (Fsp3) is 0.304. The summed E-state index contributed by atoms with van der Waals surface area (Å²) in [5.41, 5.74) is 1.67. The molecular weight excluding hydrogens is 404 g/mol. The van der Waals surface area contributed by atoms with Crippen LogP contribution in [0.3, 0.4) is 0 Å². The first kappa shape index (κ1) is 22.0. The number of benzene rings is 2. The number of Topliss-reactive ketones (excluding diaryl/α,β-unsaturated/α-hetero) is 1. The van der Waals surface area contributed by atoms with Crippen molar-refractivity contribution in [1.29, 1.82) is 0 Å². The van der Waals surface area contributed by atoms with E-state index < -0.39 is 5.97 Å². The normalized spacial score (nSPS) is 13.5. The van der Waals surface area contributed by atoms with Gasteiger partial charge in [0.2, 0.25) is 11.5 Å². The van der Waals surface area contributed by atoms with Gasteiger partial charge in [0, 0.05) is 5.56 Å². The number of carbonyl (C=O) groups excluding carboxylic acids is 2. The molecule has 1 heterocycles. The number of allylic oxidation sites excluding steroid dienone is 1. The van der Waals surface area contributed by atoms with Gasteiger partial charge in [-0.15, -0.1) is 0 Å². The van der Waals surface area contributed by atoms with Crippen LogP contribution in [-0.2, 0) is 9.53 Å². The van der Waals surface area contributed by atoms with E-state index in [1.807, 2.05) is 0 Å². The molecule has 1 aliphatic heterocycles. The SMILES string of the molecule is CCOC(=O)COc1ccc2c(c1C)O/C(=C\c1cc(OC)c(OC)c(OC)c1)C2=O. The summed E-state index contributed by atoms with van der Waals surface area (Å²) in [6.07, 6.45) is 1.60. The number of ketones is 1. The maximum Gasteiger partial charge on any atom is 0.344 e. The number of ether oxygens (including phenoxy) is 6. The quantitative estimate of drug-likeness (QED) is 0.466. The molecule has 0 saturated heterocycles. The lowest BCUT2D eigenvalue weighted by Crippen LogP contribution is -2.15. The number of carbonyl (C=O) groups is 2. The number of hydrogen-bond acceptors (Lipinski definition) is 8. The van der Waals surface area contributed by atoms with Gasteiger partial charge in [0.05, 0.1) is 33.5 Å². The van der Waals surface area contributed by atoms with Crippen LogP contribution in [-0.4, -0.2) is 46.3 Å². The highest BCUT2D eigenvalue weighted by Crippen LogP contribution is 2.41. The molecule has 31 heavy (non-hydrogen) atoms. The molecule has 164 valence electrons. The van der Waals surface area contributed by atoms with E-state index in [9.17, 15) is 9.59 Å². The van der Waals surface area contributed by atoms with Crippen molar-refractivity contribution in [3.05, 3.63) is 46.7 Å². The van der Waals surface area contributed by atoms with Gasteiger partial charge >= 0.3 is 5.97 Å². The lowest BCUT2D eigenvalue weighted by atomic mass is 10.1. The fourth-order valence-electron chi connectivity index (χ4n) is 3.20. The maximum atomic E-state index is 12.9. The van der Waals surface area contributed by atoms with E-state index in [1.165, 1.54) is 21.3 Å². The molecule has 0 aromatic heterocycles. The van der Waals surface area contributed by atoms with Crippen LogP contribution < -0.4 is 23.7 Å². The van der Waals surface area contributed by atoms with Gasteiger partial charge in [0.25, 0.3) is 0 Å². The van der Waals surface area contributed by atoms with Gasteiger partial charge in [-0.2, -0.15) is 0 Å². The highest BCUT2D eigenvalue weighted by atomic mass is 16.6. The Balaban J connectivity index is 1.90. The monoisotopic (exact) mass is 428 g/mol. The summed E-state index contributed by atoms with van der Waals surface area (Å²) in [7, 11) is 4.55. The first-order valence-corrected chi connectivity index (χ1v) is 9.59. The number of hydrogen-bond donors (Lipinski definition) is 0. The Bertz CT molecular complexity index is 1010. The zero-order valence-corrected chi connectivity index (χ0v) is 18.1. The third-order valence-corrected chi connectivity index (χ3v) is 4.67. The van der Waals surface area contributed by atoms with E-state index in [0.29, 0.717) is 45.4 Å². The Kier molecular flexibility index (Phi) is 6.69. The van der Waals surface area contributed by atoms with Gasteiger partial charge in [-0.3, -0.25) is 4.79 Å². The second kappa shape index (κ2) is 9.42. The summed E-state index contributed by atoms with van der Waals surface area (Å²) in [5.74, 6) is 1.62. The summed E-state index contributed by atoms with van der Waals surface area (Å²) in [6.45, 7) is 3.53. The molecule has 0 bridgehead atoms. The largest absolute Gasteiger partial charge is 0.493 e. The van der Waals surface area contributed by atoms with Crippen molar-refractivity contribution in [3.8, 4) is 28.7 Å². The lowest BCUT2D eigenvalue weighted by molar-refractivity contribution is -0.145. The first-order valence-electron chi connectivity index (χ1n) is 9.59. The van der Waals surface area contributed by atoms with Crippen molar-refractivity contribution < 1.29 is 38.0 Å². The first-order chi connectivity index (χ1) is 14.9. The lowest BCUT2D eigenvalue weighted by Gasteiger charge is -2.13. The molecule has 8 nitrogen and oxygen atoms in total. The molecule has 1 aliphatic rings. The molecule has 0 unspecified atom stereocenters. The summed E-state index contributed by atoms with van der Waals surface area (Å²) < 4.78 is 32.3. The Morgan fingerprint density at radius 2 is 1.71 bits per heavy atom. The van der Waals surface area contributed by atoms with Crippen molar-refractivity contribution in [2.24, 2.45) is 0 Å². The van der Waals surface area contributed by atoms with Crippen LogP contribution in [0, 0.1) is 6.92 Å². The van der Waals surface area contributed by atoms with E-state index in [2.05, 4.69) is 0 Å². The van der Waals surface area contributed by atoms with Crippen molar-refractivity contribution >= 4 is 17.8 Å². The predicted octanol–water partition coefficient (Wildman–Crippen LogP) is 3.58. The van der Waals surface area contributed by atoms with Crippen LogP contribution in [0.25, 0.3) is 6.08 Å². The Labute approximate surface area is 180 Å². The average molecular weight is 428 g/mol. The standard InChI is InChI=1S/C23H24O8/c1-6-29-20(24)12-30-16-8-7-15-21(25)17(31-22(15)13(16)2)9-14-10-18(26-3)23(28-5)19(11-14)27-4/h7-11H,6,12H2,1-5H3/b17-9-. The molecule has 0 amide bonds. The number of rotatable bonds is 8. The van der Waals surface area contributed by atoms with Gasteiger partial charge < -0.3 is 28.4 Å². The molecule has 0 spiro atoms. The zero-order valence-electron chi connectivity index (χ0n) is 18.1. The Hall–Kier alpha value is -3.68. The molecular formula is C23H24O8. The van der Waals surface area contributed by atoms with E-state index in [1.54, 1.807) is 44.2 Å². The highest BCUT2D eigenvalue weighted by Gasteiger charge is 2.30. The van der Waals surface area contributed by atoms with Crippen molar-refractivity contribution in [3.63, 3.8) is 0 Å². The molecule has 0 aliphatic carbocycles. The van der Waals surface area contributed by atoms with Gasteiger partial charge in [0.15, 0.2) is 23.9 Å². The molecule has 0 N–H and O–H groups in total. The molecule has 2 aromatic rings. The van der Waals surface area contributed by atoms with E-state index >= 15 is 0 Å². The van der Waals surface area contributed by atoms with E-state index in [-0.39, 0.29) is 24.8 Å². The molecule has 0 fully saturated rings. The van der Waals surface area contributed by atoms with Gasteiger partial charge in [-0.1, -0.05) is 0 Å². The molecule has 8 heteroatoms. The third kappa shape index (κ3) is 4.42. The van der Waals surface area contributed by atoms with E-state index in [0.717, 1.165) is 0 Å². The second-order valence-corrected chi connectivity index (χ2v) is 6.56. The number of esters is 1. The molecule has 3 rings (SSSR count). The van der Waals surface area contributed by atoms with Crippen LogP contribution in [0.5, 0.6) is 28.7 Å². The molecule has 0 atom stereocenters. The van der Waals surface area contributed by atoms with Crippen LogP contribution in [0.2, 0.25) is 0 Å². The van der Waals surface area contributed by atoms with Crippen LogP contribution >= 0.6 is 0 Å². The minimum Gasteiger partial charge on any atom is -0.493 e. The van der Waals surface area contributed by atoms with Gasteiger partial charge in [0.1, 0.15) is 11.5 Å². The molecule has 0 radical (unpaired) electrons. The summed E-state index contributed by atoms with van der Waals surface area (Å²) in [5, 5.41) is 0. The van der Waals surface area contributed by atoms with Gasteiger partial charge in [-0.05, 0) is 49.8 Å². The van der Waals surface area contributed by atoms with Crippen molar-refractivity contribution in [2.75, 3.05) is 34.5 Å². The third-order valence-electron chi connectivity index (χ3n) is 4.67. The van der Waals surface area contributed by atoms with Crippen LogP contribution in [0.4, 0.5) is 0 Å². The highest BCUT2D eigenvalue weighted by molar-refractivity contribution is 6.15. The summed E-state index contributed by atoms with van der Waals surface area (Å²) in [6, 6.07) is 6.68. The van der Waals surface area contributed by atoms with Crippen molar-refractivity contribution in [1.82, 2.24) is 0 Å². The Morgan fingerprint density at radius 1 is 1.03 bits per heavy atom. The molecule has 2 aromatic carbocycles. The van der Waals surface area contributed by atoms with Gasteiger partial charge in [-0.25, -0.2) is 4.79 Å². The second-order valence-electron chi connectivity index (χ2n) is 6.56. The zero-order chi connectivity index (χ0) is 22.5. The smallest absolute Gasteiger partial charge is 0.344 e. The minimum absolute atomic E-state index is 0.148. The number of fused-ring (bicyclic) bond motifs is 1. The van der Waals surface area contributed by atoms with Crippen LogP contribution in [0.15, 0.2) is 30.0 Å². The van der Waals surface area contributed by atoms with Crippen molar-refractivity contribution in [2.45, 2.75) is 13.8 Å². The topological polar surface area (TPSA) is 89.5 Å². The minimum atomic E-state index is -0.470. The Morgan fingerprint density at radius 3 is 2.29 bits per heavy atom.